The number of amides is 1. The van der Waals surface area contributed by atoms with E-state index in [-0.39, 0.29) is 17.3 Å². The van der Waals surface area contributed by atoms with Crippen molar-refractivity contribution in [3.8, 4) is 22.8 Å². The summed E-state index contributed by atoms with van der Waals surface area (Å²) >= 11 is 1.22. The molecule has 3 aromatic carbocycles. The Labute approximate surface area is 216 Å². The molecule has 0 aliphatic heterocycles. The molecule has 1 aromatic heterocycles. The van der Waals surface area contributed by atoms with Crippen LogP contribution >= 0.6 is 11.8 Å². The molecule has 1 heterocycles. The zero-order valence-corrected chi connectivity index (χ0v) is 20.5. The van der Waals surface area contributed by atoms with Crippen molar-refractivity contribution in [1.82, 2.24) is 20.2 Å². The average Bonchev–Trinajstić information content (AvgIpc) is 3.36. The molecule has 0 aliphatic carbocycles. The first-order valence-corrected chi connectivity index (χ1v) is 12.1. The third kappa shape index (κ3) is 6.47. The number of carbonyl (C=O) groups excluding carboxylic acids is 1. The van der Waals surface area contributed by atoms with Gasteiger partial charge in [0.2, 0.25) is 0 Å². The zero-order chi connectivity index (χ0) is 26.0. The fourth-order valence-corrected chi connectivity index (χ4v) is 4.10. The largest absolute Gasteiger partial charge is 0.497 e. The van der Waals surface area contributed by atoms with E-state index in [4.69, 9.17) is 4.74 Å². The first-order valence-electron chi connectivity index (χ1n) is 11.1. The Balaban J connectivity index is 1.42. The number of hydrogen-bond donors (Lipinski definition) is 1. The molecule has 4 aromatic rings. The van der Waals surface area contributed by atoms with Crippen LogP contribution in [-0.4, -0.2) is 44.7 Å². The smallest absolute Gasteiger partial charge is 0.276 e. The molecule has 0 radical (unpaired) electrons. The Morgan fingerprint density at radius 3 is 2.54 bits per heavy atom. The van der Waals surface area contributed by atoms with Crippen molar-refractivity contribution in [3.63, 3.8) is 0 Å². The minimum atomic E-state index is -0.454. The number of allylic oxidation sites excluding steroid dienone is 1. The lowest BCUT2D eigenvalue weighted by Gasteiger charge is -2.10. The lowest BCUT2D eigenvalue weighted by atomic mass is 10.2. The number of aromatic nitrogens is 3. The highest BCUT2D eigenvalue weighted by Gasteiger charge is 2.17. The fourth-order valence-electron chi connectivity index (χ4n) is 3.36. The summed E-state index contributed by atoms with van der Waals surface area (Å²) in [4.78, 5) is 23.0. The van der Waals surface area contributed by atoms with Gasteiger partial charge < -0.3 is 4.74 Å². The molecule has 1 N–H and O–H groups in total. The molecule has 0 unspecified atom stereocenters. The zero-order valence-electron chi connectivity index (χ0n) is 19.7. The summed E-state index contributed by atoms with van der Waals surface area (Å²) in [5.41, 5.74) is 4.58. The molecular formula is C26H22N6O4S. The second-order valence-electron chi connectivity index (χ2n) is 7.48. The normalized spacial score (nSPS) is 11.2. The molecule has 0 bridgehead atoms. The molecule has 4 rings (SSSR count). The van der Waals surface area contributed by atoms with Gasteiger partial charge in [0.1, 0.15) is 5.75 Å². The summed E-state index contributed by atoms with van der Waals surface area (Å²) in [6.07, 6.45) is 4.42. The highest BCUT2D eigenvalue weighted by molar-refractivity contribution is 7.99. The van der Waals surface area contributed by atoms with E-state index in [2.05, 4.69) is 20.7 Å². The maximum absolute atomic E-state index is 12.4. The van der Waals surface area contributed by atoms with Gasteiger partial charge in [-0.3, -0.25) is 19.5 Å². The Morgan fingerprint density at radius 2 is 1.81 bits per heavy atom. The molecule has 1 amide bonds. The molecular weight excluding hydrogens is 492 g/mol. The molecule has 0 fully saturated rings. The summed E-state index contributed by atoms with van der Waals surface area (Å²) in [7, 11) is 1.61. The fraction of sp³-hybridized carbons (Fsp3) is 0.0769. The topological polar surface area (TPSA) is 125 Å². The van der Waals surface area contributed by atoms with Crippen molar-refractivity contribution in [2.45, 2.75) is 5.16 Å². The number of para-hydroxylation sites is 2. The molecule has 186 valence electrons. The van der Waals surface area contributed by atoms with E-state index < -0.39 is 4.92 Å². The Kier molecular flexibility index (Phi) is 8.40. The second kappa shape index (κ2) is 12.3. The minimum absolute atomic E-state index is 0.0101. The SMILES string of the molecule is COc1ccc(-c2nnc(SCC(=O)N/N=C/C=C/c3ccccc3[N+](=O)[O-])n2-c2ccccc2)cc1. The number of ether oxygens (including phenoxy) is 1. The van der Waals surface area contributed by atoms with Crippen LogP contribution < -0.4 is 10.2 Å². The van der Waals surface area contributed by atoms with Crippen LogP contribution in [0.5, 0.6) is 5.75 Å². The van der Waals surface area contributed by atoms with Gasteiger partial charge in [-0.2, -0.15) is 5.10 Å². The third-order valence-electron chi connectivity index (χ3n) is 5.09. The minimum Gasteiger partial charge on any atom is -0.497 e. The molecule has 11 heteroatoms. The van der Waals surface area contributed by atoms with Crippen molar-refractivity contribution in [3.05, 3.63) is 101 Å². The summed E-state index contributed by atoms with van der Waals surface area (Å²) in [5, 5.41) is 24.2. The predicted octanol–water partition coefficient (Wildman–Crippen LogP) is 4.76. The number of hydrazone groups is 1. The van der Waals surface area contributed by atoms with Crippen molar-refractivity contribution < 1.29 is 14.5 Å². The molecule has 0 atom stereocenters. The van der Waals surface area contributed by atoms with Gasteiger partial charge in [0.15, 0.2) is 11.0 Å². The number of benzene rings is 3. The van der Waals surface area contributed by atoms with Crippen LogP contribution in [0, 0.1) is 10.1 Å². The van der Waals surface area contributed by atoms with E-state index in [1.165, 1.54) is 30.1 Å². The number of thioether (sulfide) groups is 1. The Morgan fingerprint density at radius 1 is 1.08 bits per heavy atom. The number of hydrogen-bond acceptors (Lipinski definition) is 8. The van der Waals surface area contributed by atoms with Gasteiger partial charge >= 0.3 is 0 Å². The lowest BCUT2D eigenvalue weighted by Crippen LogP contribution is -2.19. The molecule has 0 spiro atoms. The van der Waals surface area contributed by atoms with Crippen LogP contribution in [-0.2, 0) is 4.79 Å². The third-order valence-corrected chi connectivity index (χ3v) is 6.02. The second-order valence-corrected chi connectivity index (χ2v) is 8.43. The summed E-state index contributed by atoms with van der Waals surface area (Å²) in [6, 6.07) is 23.5. The number of methoxy groups -OCH3 is 1. The van der Waals surface area contributed by atoms with Crippen LogP contribution in [0.1, 0.15) is 5.56 Å². The highest BCUT2D eigenvalue weighted by atomic mass is 32.2. The van der Waals surface area contributed by atoms with Crippen LogP contribution in [0.4, 0.5) is 5.69 Å². The van der Waals surface area contributed by atoms with Gasteiger partial charge in [-0.05, 0) is 54.6 Å². The van der Waals surface area contributed by atoms with Gasteiger partial charge in [0.05, 0.1) is 23.3 Å². The number of carbonyl (C=O) groups is 1. The number of nitro benzene ring substituents is 1. The van der Waals surface area contributed by atoms with Gasteiger partial charge in [-0.25, -0.2) is 5.43 Å². The molecule has 0 saturated carbocycles. The molecule has 10 nitrogen and oxygen atoms in total. The van der Waals surface area contributed by atoms with Crippen molar-refractivity contribution in [1.29, 1.82) is 0 Å². The predicted molar refractivity (Wildman–Crippen MR) is 143 cm³/mol. The van der Waals surface area contributed by atoms with Gasteiger partial charge in [0.25, 0.3) is 11.6 Å². The van der Waals surface area contributed by atoms with Crippen molar-refractivity contribution in [2.75, 3.05) is 12.9 Å². The molecule has 0 aliphatic rings. The van der Waals surface area contributed by atoms with E-state index >= 15 is 0 Å². The first kappa shape index (κ1) is 25.3. The number of nitro groups is 1. The summed E-state index contributed by atoms with van der Waals surface area (Å²) in [5.74, 6) is 1.08. The lowest BCUT2D eigenvalue weighted by molar-refractivity contribution is -0.385. The van der Waals surface area contributed by atoms with Gasteiger partial charge in [-0.15, -0.1) is 10.2 Å². The van der Waals surface area contributed by atoms with Crippen LogP contribution in [0.15, 0.2) is 95.2 Å². The summed E-state index contributed by atoms with van der Waals surface area (Å²) < 4.78 is 7.13. The van der Waals surface area contributed by atoms with Crippen LogP contribution in [0.2, 0.25) is 0 Å². The Hall–Kier alpha value is -4.77. The van der Waals surface area contributed by atoms with Crippen molar-refractivity contribution >= 4 is 35.6 Å². The van der Waals surface area contributed by atoms with E-state index in [9.17, 15) is 14.9 Å². The number of rotatable bonds is 10. The van der Waals surface area contributed by atoms with E-state index in [1.54, 1.807) is 31.4 Å². The first-order chi connectivity index (χ1) is 18.1. The van der Waals surface area contributed by atoms with Crippen LogP contribution in [0.25, 0.3) is 23.2 Å². The molecule has 0 saturated heterocycles. The quantitative estimate of drug-likeness (QED) is 0.140. The van der Waals surface area contributed by atoms with Crippen LogP contribution in [0.3, 0.4) is 0 Å². The van der Waals surface area contributed by atoms with Gasteiger partial charge in [-0.1, -0.05) is 42.1 Å². The van der Waals surface area contributed by atoms with Crippen molar-refractivity contribution in [2.24, 2.45) is 5.10 Å². The maximum atomic E-state index is 12.4. The van der Waals surface area contributed by atoms with Gasteiger partial charge in [0, 0.05) is 23.5 Å². The molecule has 37 heavy (non-hydrogen) atoms. The van der Waals surface area contributed by atoms with E-state index in [1.807, 2.05) is 59.2 Å². The Bertz CT molecular complexity index is 1440. The standard InChI is InChI=1S/C26H22N6O4S/c1-36-22-15-13-20(14-16-22)25-29-30-26(31(25)21-10-3-2-4-11-21)37-18-24(33)28-27-17-7-9-19-8-5-6-12-23(19)32(34)35/h2-17H,18H2,1H3,(H,28,33)/b9-7+,27-17+. The number of nitrogens with one attached hydrogen (secondary N) is 1. The summed E-state index contributed by atoms with van der Waals surface area (Å²) in [6.45, 7) is 0. The van der Waals surface area contributed by atoms with E-state index in [0.29, 0.717) is 16.5 Å². The maximum Gasteiger partial charge on any atom is 0.276 e. The number of nitrogens with zero attached hydrogens (tertiary/aromatic N) is 5. The highest BCUT2D eigenvalue weighted by Crippen LogP contribution is 2.29. The van der Waals surface area contributed by atoms with E-state index in [0.717, 1.165) is 17.0 Å². The monoisotopic (exact) mass is 514 g/mol. The average molecular weight is 515 g/mol.